The molecule has 7 aromatic rings. The summed E-state index contributed by atoms with van der Waals surface area (Å²) < 4.78 is 0. The summed E-state index contributed by atoms with van der Waals surface area (Å²) in [6, 6.07) is 32.2. The Hall–Kier alpha value is -4.71. The summed E-state index contributed by atoms with van der Waals surface area (Å²) in [5.41, 5.74) is 6.45. The van der Waals surface area contributed by atoms with Crippen molar-refractivity contribution in [1.82, 2.24) is 39.9 Å². The van der Waals surface area contributed by atoms with Crippen molar-refractivity contribution in [2.24, 2.45) is 0 Å². The number of aromatic nitrogens is 8. The molecule has 8 nitrogen and oxygen atoms in total. The van der Waals surface area contributed by atoms with Crippen molar-refractivity contribution in [3.8, 4) is 45.6 Å². The fraction of sp³-hybridized carbons (Fsp3) is 0. The number of benzene rings is 4. The van der Waals surface area contributed by atoms with Crippen LogP contribution in [0.15, 0.2) is 97.1 Å². The van der Waals surface area contributed by atoms with Crippen LogP contribution in [0.2, 0.25) is 0 Å². The van der Waals surface area contributed by atoms with Crippen LogP contribution in [0.4, 0.5) is 0 Å². The van der Waals surface area contributed by atoms with E-state index in [-0.39, 0.29) is 31.1 Å². The van der Waals surface area contributed by atoms with Gasteiger partial charge in [0.15, 0.2) is 23.3 Å². The Morgan fingerprint density at radius 1 is 0.317 bits per heavy atom. The summed E-state index contributed by atoms with van der Waals surface area (Å²) in [6.07, 6.45) is 0. The third-order valence-electron chi connectivity index (χ3n) is 7.46. The van der Waals surface area contributed by atoms with Crippen molar-refractivity contribution >= 4 is 44.1 Å². The number of nitrogens with zero attached hydrogens (tertiary/aromatic N) is 6. The van der Waals surface area contributed by atoms with Gasteiger partial charge in [0.2, 0.25) is 0 Å². The van der Waals surface area contributed by atoms with Gasteiger partial charge in [0, 0.05) is 74.9 Å². The third kappa shape index (κ3) is 3.67. The van der Waals surface area contributed by atoms with Crippen LogP contribution in [0, 0.1) is 31.1 Å². The molecule has 0 spiro atoms. The molecule has 0 atom stereocenters. The van der Waals surface area contributed by atoms with Gasteiger partial charge in [-0.25, -0.2) is 29.9 Å². The zero-order valence-corrected chi connectivity index (χ0v) is 25.6. The first kappa shape index (κ1) is 24.1. The number of hydrogen-bond acceptors (Lipinski definition) is 6. The molecule has 0 saturated carbocycles. The Bertz CT molecular complexity index is 2030. The molecule has 8 bridgehead atoms. The second-order valence-corrected chi connectivity index (χ2v) is 9.79. The first-order chi connectivity index (χ1) is 19.8. The van der Waals surface area contributed by atoms with Gasteiger partial charge in [-0.2, -0.15) is 0 Å². The quantitative estimate of drug-likeness (QED) is 0.175. The number of hydrogen-bond donors (Lipinski definition) is 2. The van der Waals surface area contributed by atoms with E-state index in [1.807, 2.05) is 97.1 Å². The number of rotatable bonds is 0. The van der Waals surface area contributed by atoms with E-state index in [0.29, 0.717) is 45.9 Å². The fourth-order valence-corrected chi connectivity index (χ4v) is 5.59. The first-order valence-electron chi connectivity index (χ1n) is 13.0. The van der Waals surface area contributed by atoms with Gasteiger partial charge in [0.25, 0.3) is 0 Å². The van der Waals surface area contributed by atoms with Crippen molar-refractivity contribution in [3.05, 3.63) is 97.1 Å². The molecule has 9 heteroatoms. The number of H-pyrrole nitrogens is 2. The van der Waals surface area contributed by atoms with E-state index < -0.39 is 0 Å². The van der Waals surface area contributed by atoms with Gasteiger partial charge in [-0.15, -0.1) is 0 Å². The largest absolute Gasteiger partial charge is 0.324 e. The van der Waals surface area contributed by atoms with Gasteiger partial charge in [-0.05, 0) is 0 Å². The van der Waals surface area contributed by atoms with Gasteiger partial charge in [0.1, 0.15) is 22.6 Å². The molecule has 4 aromatic carbocycles. The number of nitrogens with one attached hydrogen (secondary N) is 2. The smallest absolute Gasteiger partial charge is 0.164 e. The summed E-state index contributed by atoms with van der Waals surface area (Å²) in [4.78, 5) is 36.8. The van der Waals surface area contributed by atoms with Crippen LogP contribution in [-0.4, -0.2) is 39.9 Å². The maximum Gasteiger partial charge on any atom is 0.164 e. The van der Waals surface area contributed by atoms with Gasteiger partial charge < -0.3 is 9.97 Å². The van der Waals surface area contributed by atoms with Crippen LogP contribution >= 0.6 is 0 Å². The predicted molar refractivity (Wildman–Crippen MR) is 156 cm³/mol. The molecule has 41 heavy (non-hydrogen) atoms. The third-order valence-corrected chi connectivity index (χ3v) is 7.46. The fourth-order valence-electron chi connectivity index (χ4n) is 5.59. The second kappa shape index (κ2) is 9.17. The van der Waals surface area contributed by atoms with Crippen molar-refractivity contribution < 1.29 is 31.1 Å². The molecule has 2 aliphatic rings. The minimum atomic E-state index is 0. The summed E-state index contributed by atoms with van der Waals surface area (Å²) >= 11 is 0. The minimum absolute atomic E-state index is 0. The van der Waals surface area contributed by atoms with E-state index in [1.54, 1.807) is 0 Å². The zero-order valence-electron chi connectivity index (χ0n) is 21.4. The van der Waals surface area contributed by atoms with Crippen LogP contribution in [-0.2, 0) is 0 Å². The molecule has 190 valence electrons. The molecule has 0 aliphatic carbocycles. The Balaban J connectivity index is 0.00000256. The summed E-state index contributed by atoms with van der Waals surface area (Å²) in [5, 5.41) is 3.82. The molecule has 9 rings (SSSR count). The molecular formula is C32H18N8U. The van der Waals surface area contributed by atoms with E-state index in [4.69, 9.17) is 29.9 Å². The average molecular weight is 753 g/mol. The maximum atomic E-state index is 5.02. The normalized spacial score (nSPS) is 11.7. The zero-order chi connectivity index (χ0) is 26.2. The van der Waals surface area contributed by atoms with E-state index in [2.05, 4.69) is 9.97 Å². The van der Waals surface area contributed by atoms with Gasteiger partial charge >= 0.3 is 0 Å². The Morgan fingerprint density at radius 3 is 0.829 bits per heavy atom. The molecular weight excluding hydrogens is 734 g/mol. The van der Waals surface area contributed by atoms with Crippen molar-refractivity contribution in [3.63, 3.8) is 0 Å². The molecule has 0 unspecified atom stereocenters. The van der Waals surface area contributed by atoms with Crippen LogP contribution in [0.5, 0.6) is 0 Å². The Kier molecular flexibility index (Phi) is 5.39. The molecule has 0 fully saturated rings. The second-order valence-electron chi connectivity index (χ2n) is 9.79. The average Bonchev–Trinajstić information content (AvgIpc) is 3.73. The van der Waals surface area contributed by atoms with Gasteiger partial charge in [-0.3, -0.25) is 0 Å². The number of aromatic amines is 2. The van der Waals surface area contributed by atoms with Crippen molar-refractivity contribution in [1.29, 1.82) is 0 Å². The summed E-state index contributed by atoms with van der Waals surface area (Å²) in [7, 11) is 0. The first-order valence-corrected chi connectivity index (χ1v) is 13.0. The molecule has 0 amide bonds. The molecule has 2 N–H and O–H groups in total. The monoisotopic (exact) mass is 752 g/mol. The molecule has 3 aromatic heterocycles. The van der Waals surface area contributed by atoms with E-state index in [1.165, 1.54) is 0 Å². The Labute approximate surface area is 256 Å². The summed E-state index contributed by atoms with van der Waals surface area (Å²) in [5.74, 6) is 2.39. The van der Waals surface area contributed by atoms with Crippen LogP contribution in [0.25, 0.3) is 89.7 Å². The Morgan fingerprint density at radius 2 is 0.561 bits per heavy atom. The van der Waals surface area contributed by atoms with Crippen LogP contribution in [0.1, 0.15) is 0 Å². The van der Waals surface area contributed by atoms with Crippen LogP contribution < -0.4 is 0 Å². The molecule has 2 aliphatic heterocycles. The van der Waals surface area contributed by atoms with E-state index in [0.717, 1.165) is 43.8 Å². The maximum absolute atomic E-state index is 5.02. The number of fused-ring (bicyclic) bond motifs is 20. The topological polar surface area (TPSA) is 109 Å². The predicted octanol–water partition coefficient (Wildman–Crippen LogP) is 6.87. The minimum Gasteiger partial charge on any atom is -0.324 e. The van der Waals surface area contributed by atoms with Crippen LogP contribution in [0.3, 0.4) is 0 Å². The SMILES string of the molecule is [U].c1ccc2c(c1)-c1nc-2nc2[nH]c(nc3nc(nc4[nH]c(n1)c1ccccc41)-c1ccccc1-3)c1ccccc21. The van der Waals surface area contributed by atoms with E-state index >= 15 is 0 Å². The van der Waals surface area contributed by atoms with Crippen molar-refractivity contribution in [2.75, 3.05) is 0 Å². The molecule has 0 saturated heterocycles. The van der Waals surface area contributed by atoms with E-state index in [9.17, 15) is 0 Å². The summed E-state index contributed by atoms with van der Waals surface area (Å²) in [6.45, 7) is 0. The standard InChI is InChI=1S/C32H18N8.U/c1-2-10-18-17(9-1)25-33-26(18)38-28-21-13-5-6-14-22(21)30(35-28)40-32-24-16-8-7-15-23(24)31(36-32)39-29-20-12-4-3-11-19(20)27(34-29)37-25;/h1-16H,(H2,33,34,35,36,37,38,39,40);. The molecule has 5 heterocycles. The molecule has 0 radical (unpaired) electrons. The van der Waals surface area contributed by atoms with Crippen molar-refractivity contribution in [2.45, 2.75) is 0 Å². The van der Waals surface area contributed by atoms with Gasteiger partial charge in [0.05, 0.1) is 0 Å². The van der Waals surface area contributed by atoms with Gasteiger partial charge in [-0.1, -0.05) is 97.1 Å².